The molecule has 1 aromatic heterocycles. The molecular weight excluding hydrogens is 258 g/mol. The van der Waals surface area contributed by atoms with E-state index in [9.17, 15) is 9.59 Å². The molecule has 0 aliphatic carbocycles. The molecule has 1 N–H and O–H groups in total. The number of nitrogens with zero attached hydrogens (tertiary/aromatic N) is 1. The van der Waals surface area contributed by atoms with Gasteiger partial charge >= 0.3 is 5.97 Å². The van der Waals surface area contributed by atoms with Crippen molar-refractivity contribution in [2.75, 3.05) is 7.11 Å². The first kappa shape index (κ1) is 13.9. The van der Waals surface area contributed by atoms with Crippen LogP contribution in [0.4, 0.5) is 0 Å². The first-order valence-corrected chi connectivity index (χ1v) is 6.09. The van der Waals surface area contributed by atoms with Gasteiger partial charge in [-0.05, 0) is 36.8 Å². The number of hydrogen-bond acceptors (Lipinski definition) is 3. The van der Waals surface area contributed by atoms with Crippen LogP contribution in [0.15, 0.2) is 41.2 Å². The summed E-state index contributed by atoms with van der Waals surface area (Å²) in [5.41, 5.74) is 0.860. The van der Waals surface area contributed by atoms with Crippen LogP contribution in [0.5, 0.6) is 5.75 Å². The SMILES string of the molecule is COc1cccc(Cn2c(C)ccc(C(=O)O)c2=O)c1. The van der Waals surface area contributed by atoms with Crippen molar-refractivity contribution < 1.29 is 14.6 Å². The van der Waals surface area contributed by atoms with E-state index < -0.39 is 11.5 Å². The van der Waals surface area contributed by atoms with Crippen LogP contribution in [-0.2, 0) is 6.54 Å². The molecule has 0 aliphatic heterocycles. The molecule has 2 aromatic rings. The second-order valence-corrected chi connectivity index (χ2v) is 4.44. The number of aromatic nitrogens is 1. The summed E-state index contributed by atoms with van der Waals surface area (Å²) < 4.78 is 6.58. The Bertz CT molecular complexity index is 703. The van der Waals surface area contributed by atoms with Gasteiger partial charge in [0.05, 0.1) is 13.7 Å². The summed E-state index contributed by atoms with van der Waals surface area (Å²) in [6.45, 7) is 2.08. The van der Waals surface area contributed by atoms with E-state index in [1.165, 1.54) is 10.6 Å². The molecule has 0 bridgehead atoms. The van der Waals surface area contributed by atoms with Gasteiger partial charge in [0, 0.05) is 5.69 Å². The number of benzene rings is 1. The third kappa shape index (κ3) is 2.71. The van der Waals surface area contributed by atoms with Crippen molar-refractivity contribution in [2.45, 2.75) is 13.5 Å². The normalized spacial score (nSPS) is 10.3. The van der Waals surface area contributed by atoms with Crippen molar-refractivity contribution in [3.63, 3.8) is 0 Å². The van der Waals surface area contributed by atoms with Gasteiger partial charge in [0.2, 0.25) is 0 Å². The number of hydrogen-bond donors (Lipinski definition) is 1. The molecule has 0 spiro atoms. The molecular formula is C15H15NO4. The summed E-state index contributed by atoms with van der Waals surface area (Å²) in [5.74, 6) is -0.517. The van der Waals surface area contributed by atoms with Gasteiger partial charge in [-0.2, -0.15) is 0 Å². The van der Waals surface area contributed by atoms with Crippen LogP contribution < -0.4 is 10.3 Å². The van der Waals surface area contributed by atoms with Crippen molar-refractivity contribution in [3.8, 4) is 5.75 Å². The van der Waals surface area contributed by atoms with Gasteiger partial charge in [-0.3, -0.25) is 4.79 Å². The zero-order chi connectivity index (χ0) is 14.7. The molecule has 5 heteroatoms. The highest BCUT2D eigenvalue weighted by Gasteiger charge is 2.12. The van der Waals surface area contributed by atoms with E-state index in [0.717, 1.165) is 5.56 Å². The Balaban J connectivity index is 2.45. The predicted octanol–water partition coefficient (Wildman–Crippen LogP) is 1.91. The average molecular weight is 273 g/mol. The Morgan fingerprint density at radius 3 is 2.70 bits per heavy atom. The molecule has 0 atom stereocenters. The summed E-state index contributed by atoms with van der Waals surface area (Å²) in [5, 5.41) is 9.00. The van der Waals surface area contributed by atoms with Crippen LogP contribution in [0.3, 0.4) is 0 Å². The van der Waals surface area contributed by atoms with Crippen LogP contribution in [0, 0.1) is 6.92 Å². The maximum absolute atomic E-state index is 12.1. The lowest BCUT2D eigenvalue weighted by Gasteiger charge is -2.11. The molecule has 5 nitrogen and oxygen atoms in total. The maximum Gasteiger partial charge on any atom is 0.341 e. The monoisotopic (exact) mass is 273 g/mol. The lowest BCUT2D eigenvalue weighted by Crippen LogP contribution is -2.28. The second-order valence-electron chi connectivity index (χ2n) is 4.44. The Morgan fingerprint density at radius 2 is 2.05 bits per heavy atom. The van der Waals surface area contributed by atoms with Crippen LogP contribution in [0.1, 0.15) is 21.6 Å². The van der Waals surface area contributed by atoms with Crippen LogP contribution in [0.2, 0.25) is 0 Å². The summed E-state index contributed by atoms with van der Waals surface area (Å²) in [6.07, 6.45) is 0. The van der Waals surface area contributed by atoms with E-state index in [2.05, 4.69) is 0 Å². The Morgan fingerprint density at radius 1 is 1.30 bits per heavy atom. The minimum Gasteiger partial charge on any atom is -0.497 e. The first-order valence-electron chi connectivity index (χ1n) is 6.09. The first-order chi connectivity index (χ1) is 9.52. The van der Waals surface area contributed by atoms with Crippen LogP contribution in [0.25, 0.3) is 0 Å². The van der Waals surface area contributed by atoms with Crippen molar-refractivity contribution in [2.24, 2.45) is 0 Å². The highest BCUT2D eigenvalue weighted by Crippen LogP contribution is 2.13. The number of carbonyl (C=O) groups is 1. The molecule has 104 valence electrons. The Kier molecular flexibility index (Phi) is 3.89. The number of pyridine rings is 1. The largest absolute Gasteiger partial charge is 0.497 e. The number of carboxylic acid groups (broad SMARTS) is 1. The fourth-order valence-electron chi connectivity index (χ4n) is 1.98. The summed E-state index contributed by atoms with van der Waals surface area (Å²) >= 11 is 0. The summed E-state index contributed by atoms with van der Waals surface area (Å²) in [4.78, 5) is 23.1. The van der Waals surface area contributed by atoms with E-state index >= 15 is 0 Å². The molecule has 0 aliphatic rings. The highest BCUT2D eigenvalue weighted by atomic mass is 16.5. The average Bonchev–Trinajstić information content (AvgIpc) is 2.43. The summed E-state index contributed by atoms with van der Waals surface area (Å²) in [7, 11) is 1.57. The van der Waals surface area contributed by atoms with Crippen molar-refractivity contribution >= 4 is 5.97 Å². The fourth-order valence-corrected chi connectivity index (χ4v) is 1.98. The molecule has 0 unspecified atom stereocenters. The zero-order valence-corrected chi connectivity index (χ0v) is 11.3. The number of rotatable bonds is 4. The molecule has 0 amide bonds. The molecule has 2 rings (SSSR count). The molecule has 0 saturated carbocycles. The maximum atomic E-state index is 12.1. The van der Waals surface area contributed by atoms with E-state index in [1.54, 1.807) is 20.1 Å². The van der Waals surface area contributed by atoms with Gasteiger partial charge < -0.3 is 14.4 Å². The van der Waals surface area contributed by atoms with Gasteiger partial charge in [-0.25, -0.2) is 4.79 Å². The van der Waals surface area contributed by atoms with E-state index in [-0.39, 0.29) is 5.56 Å². The van der Waals surface area contributed by atoms with E-state index in [1.807, 2.05) is 24.3 Å². The van der Waals surface area contributed by atoms with Gasteiger partial charge in [-0.15, -0.1) is 0 Å². The summed E-state index contributed by atoms with van der Waals surface area (Å²) in [6, 6.07) is 10.3. The van der Waals surface area contributed by atoms with Gasteiger partial charge in [0.15, 0.2) is 0 Å². The van der Waals surface area contributed by atoms with Gasteiger partial charge in [-0.1, -0.05) is 12.1 Å². The van der Waals surface area contributed by atoms with Crippen LogP contribution >= 0.6 is 0 Å². The number of methoxy groups -OCH3 is 1. The molecule has 20 heavy (non-hydrogen) atoms. The molecule has 0 fully saturated rings. The van der Waals surface area contributed by atoms with Crippen molar-refractivity contribution in [3.05, 3.63) is 63.6 Å². The third-order valence-electron chi connectivity index (χ3n) is 3.10. The lowest BCUT2D eigenvalue weighted by atomic mass is 10.2. The minimum absolute atomic E-state index is 0.224. The van der Waals surface area contributed by atoms with Gasteiger partial charge in [0.1, 0.15) is 11.3 Å². The Labute approximate surface area is 116 Å². The molecule has 0 radical (unpaired) electrons. The van der Waals surface area contributed by atoms with Crippen molar-refractivity contribution in [1.29, 1.82) is 0 Å². The minimum atomic E-state index is -1.21. The second kappa shape index (κ2) is 5.61. The van der Waals surface area contributed by atoms with E-state index in [4.69, 9.17) is 9.84 Å². The molecule has 1 aromatic carbocycles. The topological polar surface area (TPSA) is 68.5 Å². The van der Waals surface area contributed by atoms with Gasteiger partial charge in [0.25, 0.3) is 5.56 Å². The molecule has 0 saturated heterocycles. The zero-order valence-electron chi connectivity index (χ0n) is 11.3. The Hall–Kier alpha value is -2.56. The number of aromatic carboxylic acids is 1. The number of carboxylic acids is 1. The van der Waals surface area contributed by atoms with Crippen molar-refractivity contribution in [1.82, 2.24) is 4.57 Å². The fraction of sp³-hybridized carbons (Fsp3) is 0.200. The standard InChI is InChI=1S/C15H15NO4/c1-10-6-7-13(15(18)19)14(17)16(10)9-11-4-3-5-12(8-11)20-2/h3-8H,9H2,1-2H3,(H,18,19). The highest BCUT2D eigenvalue weighted by molar-refractivity contribution is 5.87. The van der Waals surface area contributed by atoms with Crippen LogP contribution in [-0.4, -0.2) is 22.8 Å². The van der Waals surface area contributed by atoms with E-state index in [0.29, 0.717) is 18.0 Å². The molecule has 1 heterocycles. The number of ether oxygens (including phenoxy) is 1. The number of aryl methyl sites for hydroxylation is 1. The smallest absolute Gasteiger partial charge is 0.341 e. The third-order valence-corrected chi connectivity index (χ3v) is 3.10. The quantitative estimate of drug-likeness (QED) is 0.924. The lowest BCUT2D eigenvalue weighted by molar-refractivity contribution is 0.0694. The predicted molar refractivity (Wildman–Crippen MR) is 74.5 cm³/mol.